The molecule has 0 aromatic carbocycles. The summed E-state index contributed by atoms with van der Waals surface area (Å²) >= 11 is 0. The Bertz CT molecular complexity index is 337. The van der Waals surface area contributed by atoms with E-state index >= 15 is 0 Å². The van der Waals surface area contributed by atoms with Gasteiger partial charge < -0.3 is 15.2 Å². The topological polar surface area (TPSA) is 80.0 Å². The van der Waals surface area contributed by atoms with Crippen LogP contribution >= 0.6 is 0 Å². The molecule has 1 heterocycles. The maximum absolute atomic E-state index is 11.4. The number of nitrogens with one attached hydrogen (secondary N) is 2. The number of likely N-dealkylation sites (N-methyl/N-ethyl adjacent to an activating group) is 1. The van der Waals surface area contributed by atoms with Gasteiger partial charge in [-0.05, 0) is 13.5 Å². The summed E-state index contributed by atoms with van der Waals surface area (Å²) in [5.74, 6) is 0.395. The van der Waals surface area contributed by atoms with Crippen molar-refractivity contribution in [1.29, 1.82) is 0 Å². The Labute approximate surface area is 94.8 Å². The molecule has 1 amide bonds. The van der Waals surface area contributed by atoms with Gasteiger partial charge in [-0.3, -0.25) is 4.79 Å². The lowest BCUT2D eigenvalue weighted by molar-refractivity contribution is 0.0942. The van der Waals surface area contributed by atoms with Crippen LogP contribution in [-0.2, 0) is 0 Å². The molecule has 1 rings (SSSR count). The van der Waals surface area contributed by atoms with Crippen LogP contribution in [0.4, 0.5) is 0 Å². The summed E-state index contributed by atoms with van der Waals surface area (Å²) in [6.07, 6.45) is 0. The van der Waals surface area contributed by atoms with Crippen molar-refractivity contribution in [1.82, 2.24) is 20.8 Å². The molecule has 6 heteroatoms. The molecule has 1 aromatic heterocycles. The van der Waals surface area contributed by atoms with Gasteiger partial charge in [0.2, 0.25) is 5.89 Å². The summed E-state index contributed by atoms with van der Waals surface area (Å²) < 4.78 is 5.03. The van der Waals surface area contributed by atoms with Gasteiger partial charge in [0.05, 0.1) is 0 Å². The fraction of sp³-hybridized carbons (Fsp3) is 0.700. The van der Waals surface area contributed by atoms with Gasteiger partial charge in [-0.25, -0.2) is 0 Å². The van der Waals surface area contributed by atoms with E-state index in [1.807, 2.05) is 20.8 Å². The molecule has 1 aromatic rings. The van der Waals surface area contributed by atoms with Crippen molar-refractivity contribution in [3.05, 3.63) is 11.7 Å². The van der Waals surface area contributed by atoms with E-state index in [9.17, 15) is 4.79 Å². The number of hydrogen-bond donors (Lipinski definition) is 2. The minimum atomic E-state index is -0.298. The maximum Gasteiger partial charge on any atom is 0.292 e. The van der Waals surface area contributed by atoms with E-state index in [1.54, 1.807) is 0 Å². The Morgan fingerprint density at radius 1 is 1.44 bits per heavy atom. The first-order chi connectivity index (χ1) is 7.69. The average molecular weight is 226 g/mol. The van der Waals surface area contributed by atoms with Crippen LogP contribution in [0.5, 0.6) is 0 Å². The highest BCUT2D eigenvalue weighted by atomic mass is 16.5. The Balaban J connectivity index is 2.59. The summed E-state index contributed by atoms with van der Waals surface area (Å²) in [7, 11) is 0. The first-order valence-electron chi connectivity index (χ1n) is 5.51. The molecule has 0 radical (unpaired) electrons. The highest BCUT2D eigenvalue weighted by molar-refractivity contribution is 5.90. The lowest BCUT2D eigenvalue weighted by Crippen LogP contribution is -2.24. The molecular weight excluding hydrogens is 208 g/mol. The molecule has 0 bridgehead atoms. The number of amides is 1. The normalized spacial score (nSPS) is 12.4. The Morgan fingerprint density at radius 3 is 2.81 bits per heavy atom. The molecule has 0 fully saturated rings. The van der Waals surface area contributed by atoms with E-state index in [4.69, 9.17) is 4.52 Å². The first kappa shape index (κ1) is 12.6. The molecule has 1 unspecified atom stereocenters. The standard InChI is InChI=1S/C10H18N4O2/c1-4-11-6-7(3)10-13-8(14-16-10)9(15)12-5-2/h7,11H,4-6H2,1-3H3,(H,12,15). The van der Waals surface area contributed by atoms with E-state index in [1.165, 1.54) is 0 Å². The van der Waals surface area contributed by atoms with Gasteiger partial charge in [-0.2, -0.15) is 4.98 Å². The van der Waals surface area contributed by atoms with Gasteiger partial charge >= 0.3 is 0 Å². The zero-order valence-electron chi connectivity index (χ0n) is 9.91. The second-order valence-electron chi connectivity index (χ2n) is 3.52. The molecule has 0 saturated carbocycles. The number of aromatic nitrogens is 2. The third kappa shape index (κ3) is 3.30. The van der Waals surface area contributed by atoms with Gasteiger partial charge in [0.25, 0.3) is 11.7 Å². The molecule has 1 atom stereocenters. The van der Waals surface area contributed by atoms with Gasteiger partial charge in [-0.1, -0.05) is 19.0 Å². The smallest absolute Gasteiger partial charge is 0.292 e. The predicted molar refractivity (Wildman–Crippen MR) is 59.3 cm³/mol. The number of nitrogens with zero attached hydrogens (tertiary/aromatic N) is 2. The summed E-state index contributed by atoms with van der Waals surface area (Å²) in [5, 5.41) is 9.44. The Morgan fingerprint density at radius 2 is 2.19 bits per heavy atom. The zero-order valence-corrected chi connectivity index (χ0v) is 9.91. The minimum Gasteiger partial charge on any atom is -0.349 e. The molecule has 0 aliphatic rings. The van der Waals surface area contributed by atoms with Crippen LogP contribution in [0, 0.1) is 0 Å². The Hall–Kier alpha value is -1.43. The van der Waals surface area contributed by atoms with Crippen molar-refractivity contribution < 1.29 is 9.32 Å². The molecule has 0 saturated heterocycles. The first-order valence-corrected chi connectivity index (χ1v) is 5.51. The van der Waals surface area contributed by atoms with E-state index in [0.29, 0.717) is 12.4 Å². The fourth-order valence-electron chi connectivity index (χ4n) is 1.22. The number of hydrogen-bond acceptors (Lipinski definition) is 5. The predicted octanol–water partition coefficient (Wildman–Crippen LogP) is 0.532. The summed E-state index contributed by atoms with van der Waals surface area (Å²) in [5.41, 5.74) is 0. The zero-order chi connectivity index (χ0) is 12.0. The molecule has 0 spiro atoms. The van der Waals surface area contributed by atoms with Crippen LogP contribution in [0.3, 0.4) is 0 Å². The van der Waals surface area contributed by atoms with E-state index in [2.05, 4.69) is 20.8 Å². The molecule has 16 heavy (non-hydrogen) atoms. The summed E-state index contributed by atoms with van der Waals surface area (Å²) in [4.78, 5) is 15.4. The summed E-state index contributed by atoms with van der Waals surface area (Å²) in [6, 6.07) is 0. The fourth-order valence-corrected chi connectivity index (χ4v) is 1.22. The molecule has 6 nitrogen and oxygen atoms in total. The van der Waals surface area contributed by atoms with Crippen LogP contribution in [0.2, 0.25) is 0 Å². The van der Waals surface area contributed by atoms with Crippen molar-refractivity contribution in [2.45, 2.75) is 26.7 Å². The van der Waals surface area contributed by atoms with Gasteiger partial charge in [0.15, 0.2) is 0 Å². The van der Waals surface area contributed by atoms with Crippen molar-refractivity contribution in [3.63, 3.8) is 0 Å². The average Bonchev–Trinajstić information content (AvgIpc) is 2.75. The van der Waals surface area contributed by atoms with Crippen molar-refractivity contribution >= 4 is 5.91 Å². The molecule has 0 aliphatic carbocycles. The maximum atomic E-state index is 11.4. The summed E-state index contributed by atoms with van der Waals surface area (Å²) in [6.45, 7) is 8.04. The van der Waals surface area contributed by atoms with E-state index in [-0.39, 0.29) is 17.6 Å². The lowest BCUT2D eigenvalue weighted by Gasteiger charge is -2.05. The van der Waals surface area contributed by atoms with E-state index < -0.39 is 0 Å². The molecule has 2 N–H and O–H groups in total. The monoisotopic (exact) mass is 226 g/mol. The SMILES string of the molecule is CCNCC(C)c1nc(C(=O)NCC)no1. The van der Waals surface area contributed by atoms with Crippen molar-refractivity contribution in [2.75, 3.05) is 19.6 Å². The molecule has 90 valence electrons. The molecular formula is C10H18N4O2. The molecule has 0 aliphatic heterocycles. The second-order valence-corrected chi connectivity index (χ2v) is 3.52. The van der Waals surface area contributed by atoms with Crippen LogP contribution in [-0.4, -0.2) is 35.7 Å². The van der Waals surface area contributed by atoms with Gasteiger partial charge in [-0.15, -0.1) is 0 Å². The van der Waals surface area contributed by atoms with E-state index in [0.717, 1.165) is 13.1 Å². The Kier molecular flexibility index (Phi) is 4.91. The second kappa shape index (κ2) is 6.22. The van der Waals surface area contributed by atoms with Gasteiger partial charge in [0, 0.05) is 19.0 Å². The quantitative estimate of drug-likeness (QED) is 0.739. The van der Waals surface area contributed by atoms with Crippen LogP contribution in [0.25, 0.3) is 0 Å². The number of carbonyl (C=O) groups excluding carboxylic acids is 1. The largest absolute Gasteiger partial charge is 0.349 e. The van der Waals surface area contributed by atoms with Crippen LogP contribution < -0.4 is 10.6 Å². The highest BCUT2D eigenvalue weighted by Crippen LogP contribution is 2.11. The van der Waals surface area contributed by atoms with Crippen molar-refractivity contribution in [2.24, 2.45) is 0 Å². The van der Waals surface area contributed by atoms with Crippen LogP contribution in [0.1, 0.15) is 43.2 Å². The van der Waals surface area contributed by atoms with Crippen LogP contribution in [0.15, 0.2) is 4.52 Å². The third-order valence-corrected chi connectivity index (χ3v) is 2.10. The minimum absolute atomic E-state index is 0.0974. The highest BCUT2D eigenvalue weighted by Gasteiger charge is 2.17. The number of rotatable bonds is 6. The lowest BCUT2D eigenvalue weighted by atomic mass is 10.2. The van der Waals surface area contributed by atoms with Crippen molar-refractivity contribution in [3.8, 4) is 0 Å². The number of carbonyl (C=O) groups is 1. The third-order valence-electron chi connectivity index (χ3n) is 2.10. The van der Waals surface area contributed by atoms with Gasteiger partial charge in [0.1, 0.15) is 0 Å².